The normalized spacial score (nSPS) is 42.7. The molecular formula is C37H41N3. The molecule has 2 aliphatic heterocycles. The topological polar surface area (TPSA) is 28.0 Å². The van der Waals surface area contributed by atoms with Gasteiger partial charge in [-0.15, -0.1) is 0 Å². The number of amidine groups is 2. The molecule has 0 aromatic heterocycles. The zero-order chi connectivity index (χ0) is 26.2. The second-order valence-electron chi connectivity index (χ2n) is 15.6. The predicted molar refractivity (Wildman–Crippen MR) is 163 cm³/mol. The van der Waals surface area contributed by atoms with Crippen LogP contribution in [-0.4, -0.2) is 27.6 Å². The van der Waals surface area contributed by atoms with E-state index in [0.29, 0.717) is 0 Å². The fourth-order valence-corrected chi connectivity index (χ4v) is 12.1. The SMILES string of the molecule is Cc1ccc(C2=C3C(=Nc4ccccc43)N(C34CC5CC(CC(C5)C3)C4)C2=NC23CC4CC(CC(C4)C2)C3)cc1. The second-order valence-corrected chi connectivity index (χ2v) is 15.6. The third-order valence-corrected chi connectivity index (χ3v) is 12.7. The van der Waals surface area contributed by atoms with Crippen LogP contribution >= 0.6 is 0 Å². The van der Waals surface area contributed by atoms with E-state index < -0.39 is 0 Å². The molecule has 2 aromatic rings. The Hall–Kier alpha value is -2.68. The third kappa shape index (κ3) is 3.13. The van der Waals surface area contributed by atoms with Gasteiger partial charge >= 0.3 is 0 Å². The van der Waals surface area contributed by atoms with E-state index in [-0.39, 0.29) is 11.1 Å². The van der Waals surface area contributed by atoms with Gasteiger partial charge in [-0.1, -0.05) is 48.0 Å². The lowest BCUT2D eigenvalue weighted by Gasteiger charge is -2.60. The van der Waals surface area contributed by atoms with Crippen molar-refractivity contribution >= 4 is 28.5 Å². The van der Waals surface area contributed by atoms with Crippen LogP contribution in [0.1, 0.15) is 93.7 Å². The van der Waals surface area contributed by atoms with Crippen LogP contribution in [-0.2, 0) is 0 Å². The molecule has 2 aromatic carbocycles. The van der Waals surface area contributed by atoms with Gasteiger partial charge in [-0.3, -0.25) is 4.99 Å². The van der Waals surface area contributed by atoms with Crippen LogP contribution in [0.25, 0.3) is 11.1 Å². The third-order valence-electron chi connectivity index (χ3n) is 12.7. The molecule has 0 saturated heterocycles. The lowest BCUT2D eigenvalue weighted by atomic mass is 9.52. The summed E-state index contributed by atoms with van der Waals surface area (Å²) in [5.74, 6) is 7.93. The molecule has 8 aliphatic carbocycles. The molecule has 0 radical (unpaired) electrons. The average molecular weight is 528 g/mol. The monoisotopic (exact) mass is 527 g/mol. The molecule has 10 aliphatic rings. The van der Waals surface area contributed by atoms with Gasteiger partial charge in [0.05, 0.1) is 11.2 Å². The first-order valence-electron chi connectivity index (χ1n) is 16.4. The first kappa shape index (κ1) is 22.9. The van der Waals surface area contributed by atoms with E-state index in [1.807, 2.05) is 0 Å². The molecular weight excluding hydrogens is 486 g/mol. The Morgan fingerprint density at radius 2 is 1.23 bits per heavy atom. The molecule has 8 bridgehead atoms. The summed E-state index contributed by atoms with van der Waals surface area (Å²) < 4.78 is 0. The summed E-state index contributed by atoms with van der Waals surface area (Å²) >= 11 is 0. The maximum absolute atomic E-state index is 6.15. The number of hydrogen-bond acceptors (Lipinski definition) is 2. The number of para-hydroxylation sites is 1. The molecule has 0 amide bonds. The summed E-state index contributed by atoms with van der Waals surface area (Å²) in [5, 5.41) is 0. The fraction of sp³-hybridized carbons (Fsp3) is 0.568. The van der Waals surface area contributed by atoms with Crippen molar-refractivity contribution in [1.82, 2.24) is 4.90 Å². The van der Waals surface area contributed by atoms with Gasteiger partial charge in [-0.2, -0.15) is 0 Å². The minimum atomic E-state index is 0.139. The van der Waals surface area contributed by atoms with Crippen molar-refractivity contribution in [3.63, 3.8) is 0 Å². The van der Waals surface area contributed by atoms with Gasteiger partial charge < -0.3 is 4.90 Å². The number of aryl methyl sites for hydroxylation is 1. The van der Waals surface area contributed by atoms with Gasteiger partial charge in [-0.25, -0.2) is 4.99 Å². The van der Waals surface area contributed by atoms with Gasteiger partial charge in [0.25, 0.3) is 0 Å². The molecule has 8 fully saturated rings. The lowest BCUT2D eigenvalue weighted by Crippen LogP contribution is -2.62. The minimum absolute atomic E-state index is 0.139. The predicted octanol–water partition coefficient (Wildman–Crippen LogP) is 8.60. The first-order chi connectivity index (χ1) is 19.5. The molecule has 204 valence electrons. The van der Waals surface area contributed by atoms with Crippen molar-refractivity contribution in [2.24, 2.45) is 45.5 Å². The standard InChI is InChI=1S/C37H41N3/c1-22-6-8-29(9-7-22)32-33-30-4-2-3-5-31(30)38-34(33)40(37-19-26-13-27(20-37)15-28(14-26)21-37)35(32)39-36-16-23-10-24(17-36)12-25(11-23)18-36/h2-9,23-28H,10-21H2,1H3. The zero-order valence-corrected chi connectivity index (χ0v) is 23.9. The maximum atomic E-state index is 6.15. The summed E-state index contributed by atoms with van der Waals surface area (Å²) in [5.41, 5.74) is 8.22. The summed E-state index contributed by atoms with van der Waals surface area (Å²) in [4.78, 5) is 14.5. The van der Waals surface area contributed by atoms with Gasteiger partial charge in [-0.05, 0) is 131 Å². The number of aliphatic imine (C=N–C) groups is 2. The van der Waals surface area contributed by atoms with E-state index >= 15 is 0 Å². The Bertz CT molecular complexity index is 1450. The van der Waals surface area contributed by atoms with Gasteiger partial charge in [0.2, 0.25) is 0 Å². The van der Waals surface area contributed by atoms with Gasteiger partial charge in [0.15, 0.2) is 0 Å². The average Bonchev–Trinajstić information content (AvgIpc) is 3.41. The number of fused-ring (bicyclic) bond motifs is 3. The Kier molecular flexibility index (Phi) is 4.46. The van der Waals surface area contributed by atoms with Crippen LogP contribution in [0.3, 0.4) is 0 Å². The van der Waals surface area contributed by atoms with Crippen LogP contribution in [0, 0.1) is 42.4 Å². The Balaban J connectivity index is 1.22. The molecule has 3 heteroatoms. The van der Waals surface area contributed by atoms with E-state index in [0.717, 1.165) is 41.2 Å². The first-order valence-corrected chi connectivity index (χ1v) is 16.4. The van der Waals surface area contributed by atoms with Crippen LogP contribution in [0.4, 0.5) is 5.69 Å². The highest BCUT2D eigenvalue weighted by molar-refractivity contribution is 6.53. The van der Waals surface area contributed by atoms with Crippen LogP contribution in [0.5, 0.6) is 0 Å². The fourth-order valence-electron chi connectivity index (χ4n) is 12.1. The van der Waals surface area contributed by atoms with Crippen molar-refractivity contribution < 1.29 is 0 Å². The molecule has 12 rings (SSSR count). The zero-order valence-electron chi connectivity index (χ0n) is 23.9. The molecule has 2 heterocycles. The largest absolute Gasteiger partial charge is 0.304 e. The van der Waals surface area contributed by atoms with Gasteiger partial charge in [0, 0.05) is 22.2 Å². The summed E-state index contributed by atoms with van der Waals surface area (Å²) in [6.07, 6.45) is 16.8. The van der Waals surface area contributed by atoms with Crippen molar-refractivity contribution in [2.45, 2.75) is 95.1 Å². The number of nitrogens with zero attached hydrogens (tertiary/aromatic N) is 3. The Morgan fingerprint density at radius 3 is 1.82 bits per heavy atom. The molecule has 0 N–H and O–H groups in total. The maximum Gasteiger partial charge on any atom is 0.144 e. The summed E-state index contributed by atoms with van der Waals surface area (Å²) in [7, 11) is 0. The number of rotatable bonds is 3. The van der Waals surface area contributed by atoms with Crippen molar-refractivity contribution in [1.29, 1.82) is 0 Å². The van der Waals surface area contributed by atoms with Gasteiger partial charge in [0.1, 0.15) is 11.7 Å². The minimum Gasteiger partial charge on any atom is -0.304 e. The van der Waals surface area contributed by atoms with Crippen molar-refractivity contribution in [3.8, 4) is 0 Å². The molecule has 0 atom stereocenters. The summed E-state index contributed by atoms with van der Waals surface area (Å²) in [6, 6.07) is 18.3. The highest BCUT2D eigenvalue weighted by Crippen LogP contribution is 2.62. The molecule has 0 spiro atoms. The quantitative estimate of drug-likeness (QED) is 0.393. The van der Waals surface area contributed by atoms with E-state index in [1.54, 1.807) is 0 Å². The Labute approximate surface area is 238 Å². The van der Waals surface area contributed by atoms with Crippen LogP contribution in [0.15, 0.2) is 58.5 Å². The van der Waals surface area contributed by atoms with Crippen molar-refractivity contribution in [3.05, 3.63) is 65.2 Å². The summed E-state index contributed by atoms with van der Waals surface area (Å²) in [6.45, 7) is 2.21. The molecule has 8 saturated carbocycles. The van der Waals surface area contributed by atoms with Crippen LogP contribution < -0.4 is 0 Å². The van der Waals surface area contributed by atoms with Crippen molar-refractivity contribution in [2.75, 3.05) is 0 Å². The number of benzene rings is 2. The van der Waals surface area contributed by atoms with E-state index in [4.69, 9.17) is 9.98 Å². The second kappa shape index (κ2) is 7.78. The molecule has 40 heavy (non-hydrogen) atoms. The Morgan fingerprint density at radius 1 is 0.675 bits per heavy atom. The van der Waals surface area contributed by atoms with Crippen LogP contribution in [0.2, 0.25) is 0 Å². The van der Waals surface area contributed by atoms with E-state index in [9.17, 15) is 0 Å². The molecule has 3 nitrogen and oxygen atoms in total. The lowest BCUT2D eigenvalue weighted by molar-refractivity contribution is -0.0420. The smallest absolute Gasteiger partial charge is 0.144 e. The van der Waals surface area contributed by atoms with E-state index in [1.165, 1.54) is 117 Å². The number of hydrogen-bond donors (Lipinski definition) is 0. The highest BCUT2D eigenvalue weighted by atomic mass is 15.3. The highest BCUT2D eigenvalue weighted by Gasteiger charge is 2.59. The van der Waals surface area contributed by atoms with E-state index in [2.05, 4.69) is 60.4 Å². The molecule has 0 unspecified atom stereocenters.